The molecule has 1 N–H and O–H groups in total. The maximum Gasteiger partial charge on any atom is 0.262 e. The van der Waals surface area contributed by atoms with Crippen LogP contribution in [0.1, 0.15) is 12.5 Å². The Bertz CT molecular complexity index is 1000. The van der Waals surface area contributed by atoms with Gasteiger partial charge in [0.25, 0.3) is 5.56 Å². The summed E-state index contributed by atoms with van der Waals surface area (Å²) in [7, 11) is 1.60. The first kappa shape index (κ1) is 20.1. The molecule has 0 saturated carbocycles. The number of thioether (sulfide) groups is 1. The van der Waals surface area contributed by atoms with Gasteiger partial charge in [0.15, 0.2) is 5.16 Å². The number of methoxy groups -OCH3 is 1. The minimum atomic E-state index is -0.122. The van der Waals surface area contributed by atoms with Crippen LogP contribution in [0.2, 0.25) is 0 Å². The van der Waals surface area contributed by atoms with E-state index in [1.54, 1.807) is 17.7 Å². The Balaban J connectivity index is 1.88. The summed E-state index contributed by atoms with van der Waals surface area (Å²) in [5.41, 5.74) is 1.53. The second kappa shape index (κ2) is 9.52. The van der Waals surface area contributed by atoms with Gasteiger partial charge in [-0.05, 0) is 24.6 Å². The van der Waals surface area contributed by atoms with Gasteiger partial charge in [0.05, 0.1) is 29.8 Å². The van der Waals surface area contributed by atoms with Gasteiger partial charge in [-0.1, -0.05) is 54.2 Å². The molecular weight excluding hydrogens is 374 g/mol. The number of rotatable bonds is 8. The number of aromatic nitrogens is 2. The SMILES string of the molecule is COC[C@H](C)NC(=O)CSc1nc2ccccc2c(=O)n1Cc1ccccc1. The van der Waals surface area contributed by atoms with Crippen LogP contribution < -0.4 is 10.9 Å². The minimum absolute atomic E-state index is 0.0748. The predicted octanol–water partition coefficient (Wildman–Crippen LogP) is 2.69. The van der Waals surface area contributed by atoms with Crippen molar-refractivity contribution < 1.29 is 9.53 Å². The van der Waals surface area contributed by atoms with E-state index in [0.717, 1.165) is 5.56 Å². The van der Waals surface area contributed by atoms with Gasteiger partial charge >= 0.3 is 0 Å². The van der Waals surface area contributed by atoms with Gasteiger partial charge in [-0.3, -0.25) is 14.2 Å². The summed E-state index contributed by atoms with van der Waals surface area (Å²) in [5.74, 6) is 0.0522. The second-order valence-corrected chi connectivity index (χ2v) is 7.44. The van der Waals surface area contributed by atoms with Gasteiger partial charge in [-0.25, -0.2) is 4.98 Å². The summed E-state index contributed by atoms with van der Waals surface area (Å²) in [5, 5.41) is 3.97. The van der Waals surface area contributed by atoms with Gasteiger partial charge in [0, 0.05) is 13.2 Å². The maximum absolute atomic E-state index is 13.1. The van der Waals surface area contributed by atoms with Crippen molar-refractivity contribution in [2.24, 2.45) is 0 Å². The molecule has 3 rings (SSSR count). The van der Waals surface area contributed by atoms with E-state index in [0.29, 0.717) is 29.2 Å². The number of benzene rings is 2. The molecule has 0 aliphatic heterocycles. The van der Waals surface area contributed by atoms with Crippen molar-refractivity contribution in [2.75, 3.05) is 19.5 Å². The number of carbonyl (C=O) groups excluding carboxylic acids is 1. The molecule has 0 aliphatic carbocycles. The highest BCUT2D eigenvalue weighted by Crippen LogP contribution is 2.19. The summed E-state index contributed by atoms with van der Waals surface area (Å²) in [6, 6.07) is 16.9. The number of carbonyl (C=O) groups is 1. The molecule has 146 valence electrons. The third-order valence-electron chi connectivity index (χ3n) is 4.17. The molecule has 1 atom stereocenters. The molecule has 0 fully saturated rings. The van der Waals surface area contributed by atoms with Crippen molar-refractivity contribution in [3.05, 3.63) is 70.5 Å². The van der Waals surface area contributed by atoms with Gasteiger partial charge in [0.1, 0.15) is 0 Å². The van der Waals surface area contributed by atoms with Crippen LogP contribution in [0.5, 0.6) is 0 Å². The van der Waals surface area contributed by atoms with Gasteiger partial charge in [0.2, 0.25) is 5.91 Å². The van der Waals surface area contributed by atoms with Gasteiger partial charge < -0.3 is 10.1 Å². The molecule has 7 heteroatoms. The fourth-order valence-electron chi connectivity index (χ4n) is 2.90. The summed E-state index contributed by atoms with van der Waals surface area (Å²) < 4.78 is 6.67. The van der Waals surface area contributed by atoms with E-state index in [1.807, 2.05) is 55.5 Å². The van der Waals surface area contributed by atoms with Crippen molar-refractivity contribution in [1.29, 1.82) is 0 Å². The first-order valence-electron chi connectivity index (χ1n) is 9.03. The predicted molar refractivity (Wildman–Crippen MR) is 112 cm³/mol. The molecule has 0 spiro atoms. The maximum atomic E-state index is 13.1. The average molecular weight is 398 g/mol. The van der Waals surface area contributed by atoms with Crippen LogP contribution in [-0.4, -0.2) is 41.0 Å². The highest BCUT2D eigenvalue weighted by molar-refractivity contribution is 7.99. The molecular formula is C21H23N3O3S. The van der Waals surface area contributed by atoms with Gasteiger partial charge in [-0.2, -0.15) is 0 Å². The molecule has 1 heterocycles. The summed E-state index contributed by atoms with van der Waals surface area (Å²) in [4.78, 5) is 29.9. The molecule has 0 bridgehead atoms. The van der Waals surface area contributed by atoms with E-state index in [2.05, 4.69) is 10.3 Å². The van der Waals surface area contributed by atoms with Crippen molar-refractivity contribution in [1.82, 2.24) is 14.9 Å². The molecule has 1 aromatic heterocycles. The fraction of sp³-hybridized carbons (Fsp3) is 0.286. The quantitative estimate of drug-likeness (QED) is 0.467. The Morgan fingerprint density at radius 3 is 2.64 bits per heavy atom. The number of nitrogens with one attached hydrogen (secondary N) is 1. The second-order valence-electron chi connectivity index (χ2n) is 6.50. The van der Waals surface area contributed by atoms with Crippen molar-refractivity contribution in [3.63, 3.8) is 0 Å². The smallest absolute Gasteiger partial charge is 0.262 e. The van der Waals surface area contributed by atoms with E-state index < -0.39 is 0 Å². The summed E-state index contributed by atoms with van der Waals surface area (Å²) >= 11 is 1.26. The number of hydrogen-bond donors (Lipinski definition) is 1. The first-order chi connectivity index (χ1) is 13.6. The Morgan fingerprint density at radius 2 is 1.89 bits per heavy atom. The van der Waals surface area contributed by atoms with Crippen LogP contribution in [0.15, 0.2) is 64.5 Å². The molecule has 6 nitrogen and oxygen atoms in total. The lowest BCUT2D eigenvalue weighted by molar-refractivity contribution is -0.119. The summed E-state index contributed by atoms with van der Waals surface area (Å²) in [6.45, 7) is 2.73. The Labute approximate surface area is 167 Å². The molecule has 0 unspecified atom stereocenters. The van der Waals surface area contributed by atoms with E-state index in [-0.39, 0.29) is 23.3 Å². The number of fused-ring (bicyclic) bond motifs is 1. The van der Waals surface area contributed by atoms with Crippen LogP contribution in [0.25, 0.3) is 10.9 Å². The summed E-state index contributed by atoms with van der Waals surface area (Å²) in [6.07, 6.45) is 0. The normalized spacial score (nSPS) is 12.1. The molecule has 1 amide bonds. The van der Waals surface area contributed by atoms with Crippen LogP contribution in [0.4, 0.5) is 0 Å². The molecule has 2 aromatic carbocycles. The number of para-hydroxylation sites is 1. The highest BCUT2D eigenvalue weighted by Gasteiger charge is 2.14. The molecule has 0 radical (unpaired) electrons. The monoisotopic (exact) mass is 397 g/mol. The largest absolute Gasteiger partial charge is 0.383 e. The number of hydrogen-bond acceptors (Lipinski definition) is 5. The van der Waals surface area contributed by atoms with E-state index in [4.69, 9.17) is 4.74 Å². The third-order valence-corrected chi connectivity index (χ3v) is 5.14. The Morgan fingerprint density at radius 1 is 1.18 bits per heavy atom. The topological polar surface area (TPSA) is 73.2 Å². The Kier molecular flexibility index (Phi) is 6.84. The zero-order chi connectivity index (χ0) is 19.9. The highest BCUT2D eigenvalue weighted by atomic mass is 32.2. The number of ether oxygens (including phenoxy) is 1. The molecule has 0 aliphatic rings. The van der Waals surface area contributed by atoms with Crippen molar-refractivity contribution in [2.45, 2.75) is 24.7 Å². The van der Waals surface area contributed by atoms with E-state index in [1.165, 1.54) is 11.8 Å². The zero-order valence-electron chi connectivity index (χ0n) is 15.9. The van der Waals surface area contributed by atoms with Crippen LogP contribution in [-0.2, 0) is 16.1 Å². The third kappa shape index (κ3) is 4.99. The zero-order valence-corrected chi connectivity index (χ0v) is 16.7. The van der Waals surface area contributed by atoms with Gasteiger partial charge in [-0.15, -0.1) is 0 Å². The minimum Gasteiger partial charge on any atom is -0.383 e. The van der Waals surface area contributed by atoms with Crippen molar-refractivity contribution in [3.8, 4) is 0 Å². The fourth-order valence-corrected chi connectivity index (χ4v) is 3.71. The number of amides is 1. The van der Waals surface area contributed by atoms with Crippen LogP contribution in [0.3, 0.4) is 0 Å². The number of nitrogens with zero attached hydrogens (tertiary/aromatic N) is 2. The Hall–Kier alpha value is -2.64. The molecule has 28 heavy (non-hydrogen) atoms. The van der Waals surface area contributed by atoms with E-state index in [9.17, 15) is 9.59 Å². The lowest BCUT2D eigenvalue weighted by atomic mass is 10.2. The standard InChI is InChI=1S/C21H23N3O3S/c1-15(13-27-2)22-19(25)14-28-21-23-18-11-7-6-10-17(18)20(26)24(21)12-16-8-4-3-5-9-16/h3-11,15H,12-14H2,1-2H3,(H,22,25)/t15-/m0/s1. The average Bonchev–Trinajstić information content (AvgIpc) is 2.70. The molecule has 3 aromatic rings. The van der Waals surface area contributed by atoms with Crippen LogP contribution in [0, 0.1) is 0 Å². The lowest BCUT2D eigenvalue weighted by Crippen LogP contribution is -2.36. The van der Waals surface area contributed by atoms with E-state index >= 15 is 0 Å². The van der Waals surface area contributed by atoms with Crippen LogP contribution >= 0.6 is 11.8 Å². The lowest BCUT2D eigenvalue weighted by Gasteiger charge is -2.15. The van der Waals surface area contributed by atoms with Crippen molar-refractivity contribution >= 4 is 28.6 Å². The molecule has 0 saturated heterocycles. The first-order valence-corrected chi connectivity index (χ1v) is 10.0.